The summed E-state index contributed by atoms with van der Waals surface area (Å²) in [7, 11) is 0. The molecule has 0 bridgehead atoms. The van der Waals surface area contributed by atoms with Crippen LogP contribution >= 0.6 is 15.9 Å². The van der Waals surface area contributed by atoms with Crippen LogP contribution in [0.4, 0.5) is 0 Å². The third-order valence-electron chi connectivity index (χ3n) is 2.39. The van der Waals surface area contributed by atoms with Crippen LogP contribution in [0.5, 0.6) is 0 Å². The van der Waals surface area contributed by atoms with E-state index < -0.39 is 0 Å². The summed E-state index contributed by atoms with van der Waals surface area (Å²) >= 11 is 3.46. The van der Waals surface area contributed by atoms with E-state index in [-0.39, 0.29) is 17.4 Å². The van der Waals surface area contributed by atoms with Crippen molar-refractivity contribution in [2.24, 2.45) is 0 Å². The number of alkyl halides is 1. The van der Waals surface area contributed by atoms with Crippen LogP contribution in [0.15, 0.2) is 24.3 Å². The summed E-state index contributed by atoms with van der Waals surface area (Å²) in [6, 6.07) is 7.34. The number of benzene rings is 1. The van der Waals surface area contributed by atoms with Crippen molar-refractivity contribution in [1.82, 2.24) is 0 Å². The molecule has 1 N–H and O–H groups in total. The Morgan fingerprint density at radius 3 is 2.53 bits per heavy atom. The molecule has 3 nitrogen and oxygen atoms in total. The van der Waals surface area contributed by atoms with E-state index in [0.29, 0.717) is 25.0 Å². The Hall–Kier alpha value is -0.870. The highest BCUT2D eigenvalue weighted by molar-refractivity contribution is 9.09. The maximum Gasteiger partial charge on any atom is 0.338 e. The molecule has 0 spiro atoms. The fourth-order valence-electron chi connectivity index (χ4n) is 1.35. The lowest BCUT2D eigenvalue weighted by atomic mass is 10.1. The van der Waals surface area contributed by atoms with Crippen LogP contribution in [-0.4, -0.2) is 24.3 Å². The average molecular weight is 301 g/mol. The van der Waals surface area contributed by atoms with Crippen LogP contribution in [0.25, 0.3) is 0 Å². The molecule has 4 heteroatoms. The molecule has 0 saturated heterocycles. The van der Waals surface area contributed by atoms with Gasteiger partial charge in [-0.3, -0.25) is 0 Å². The van der Waals surface area contributed by atoms with Crippen molar-refractivity contribution in [3.8, 4) is 0 Å². The minimum Gasteiger partial charge on any atom is -0.462 e. The van der Waals surface area contributed by atoms with E-state index in [1.807, 2.05) is 19.1 Å². The van der Waals surface area contributed by atoms with E-state index in [1.54, 1.807) is 12.1 Å². The molecule has 0 aliphatic heterocycles. The van der Waals surface area contributed by atoms with Gasteiger partial charge in [0.25, 0.3) is 0 Å². The lowest BCUT2D eigenvalue weighted by Crippen LogP contribution is -2.06. The topological polar surface area (TPSA) is 46.5 Å². The van der Waals surface area contributed by atoms with Gasteiger partial charge in [-0.25, -0.2) is 4.79 Å². The van der Waals surface area contributed by atoms with Gasteiger partial charge in [0.15, 0.2) is 0 Å². The smallest absolute Gasteiger partial charge is 0.338 e. The Morgan fingerprint density at radius 2 is 2.00 bits per heavy atom. The number of unbranched alkanes of at least 4 members (excludes halogenated alkanes) is 1. The number of esters is 1. The molecule has 94 valence electrons. The number of carbonyl (C=O) groups is 1. The zero-order valence-electron chi connectivity index (χ0n) is 9.86. The highest BCUT2D eigenvalue weighted by Crippen LogP contribution is 2.21. The molecular formula is C13H17BrO3. The van der Waals surface area contributed by atoms with Gasteiger partial charge in [-0.2, -0.15) is 0 Å². The standard InChI is InChI=1S/C13H17BrO3/c1-10(14)11-4-6-12(7-5-11)13(16)17-9-3-2-8-15/h4-7,10,15H,2-3,8-9H2,1H3. The van der Waals surface area contributed by atoms with Crippen LogP contribution in [0, 0.1) is 0 Å². The van der Waals surface area contributed by atoms with Crippen LogP contribution in [0.1, 0.15) is 40.5 Å². The molecule has 0 aliphatic rings. The number of halogens is 1. The first-order chi connectivity index (χ1) is 8.15. The lowest BCUT2D eigenvalue weighted by molar-refractivity contribution is 0.0492. The van der Waals surface area contributed by atoms with Gasteiger partial charge in [0.2, 0.25) is 0 Å². The van der Waals surface area contributed by atoms with Gasteiger partial charge < -0.3 is 9.84 Å². The maximum absolute atomic E-state index is 11.6. The molecule has 0 amide bonds. The molecule has 0 fully saturated rings. The van der Waals surface area contributed by atoms with Crippen molar-refractivity contribution in [2.45, 2.75) is 24.6 Å². The third-order valence-corrected chi connectivity index (χ3v) is 2.92. The van der Waals surface area contributed by atoms with Gasteiger partial charge in [0.05, 0.1) is 12.2 Å². The van der Waals surface area contributed by atoms with Crippen molar-refractivity contribution in [2.75, 3.05) is 13.2 Å². The molecule has 0 radical (unpaired) electrons. The predicted octanol–water partition coefficient (Wildman–Crippen LogP) is 3.07. The minimum absolute atomic E-state index is 0.134. The van der Waals surface area contributed by atoms with Crippen molar-refractivity contribution >= 4 is 21.9 Å². The molecule has 1 unspecified atom stereocenters. The van der Waals surface area contributed by atoms with E-state index in [0.717, 1.165) is 5.56 Å². The minimum atomic E-state index is -0.309. The summed E-state index contributed by atoms with van der Waals surface area (Å²) in [5.41, 5.74) is 1.69. The third kappa shape index (κ3) is 4.88. The molecule has 1 rings (SSSR count). The van der Waals surface area contributed by atoms with Crippen molar-refractivity contribution in [3.05, 3.63) is 35.4 Å². The molecule has 0 aliphatic carbocycles. The first-order valence-corrected chi connectivity index (χ1v) is 6.58. The first-order valence-electron chi connectivity index (χ1n) is 5.67. The second-order valence-corrected chi connectivity index (χ2v) is 5.18. The Bertz CT molecular complexity index is 346. The molecular weight excluding hydrogens is 284 g/mol. The Kier molecular flexibility index (Phi) is 6.22. The molecule has 1 atom stereocenters. The normalized spacial score (nSPS) is 12.2. The van der Waals surface area contributed by atoms with E-state index >= 15 is 0 Å². The van der Waals surface area contributed by atoms with Crippen LogP contribution < -0.4 is 0 Å². The van der Waals surface area contributed by atoms with Gasteiger partial charge in [0.1, 0.15) is 0 Å². The van der Waals surface area contributed by atoms with E-state index in [1.165, 1.54) is 0 Å². The summed E-state index contributed by atoms with van der Waals surface area (Å²) in [6.07, 6.45) is 1.35. The highest BCUT2D eigenvalue weighted by Gasteiger charge is 2.07. The Balaban J connectivity index is 2.46. The van der Waals surface area contributed by atoms with Crippen molar-refractivity contribution in [1.29, 1.82) is 0 Å². The highest BCUT2D eigenvalue weighted by atomic mass is 79.9. The summed E-state index contributed by atoms with van der Waals surface area (Å²) < 4.78 is 5.07. The summed E-state index contributed by atoms with van der Waals surface area (Å²) in [5, 5.41) is 8.59. The Labute approximate surface area is 110 Å². The number of hydrogen-bond acceptors (Lipinski definition) is 3. The van der Waals surface area contributed by atoms with Crippen LogP contribution in [0.3, 0.4) is 0 Å². The van der Waals surface area contributed by atoms with Gasteiger partial charge in [-0.05, 0) is 37.5 Å². The number of carbonyl (C=O) groups excluding carboxylic acids is 1. The van der Waals surface area contributed by atoms with Crippen LogP contribution in [0.2, 0.25) is 0 Å². The quantitative estimate of drug-likeness (QED) is 0.499. The van der Waals surface area contributed by atoms with Gasteiger partial charge in [0, 0.05) is 11.4 Å². The SMILES string of the molecule is CC(Br)c1ccc(C(=O)OCCCCO)cc1. The molecule has 17 heavy (non-hydrogen) atoms. The fourth-order valence-corrected chi connectivity index (χ4v) is 1.65. The molecule has 1 aromatic rings. The predicted molar refractivity (Wildman–Crippen MR) is 70.4 cm³/mol. The molecule has 0 aromatic heterocycles. The van der Waals surface area contributed by atoms with Gasteiger partial charge in [-0.1, -0.05) is 28.1 Å². The second-order valence-electron chi connectivity index (χ2n) is 3.80. The summed E-state index contributed by atoms with van der Waals surface area (Å²) in [5.74, 6) is -0.309. The number of ether oxygens (including phenoxy) is 1. The monoisotopic (exact) mass is 300 g/mol. The summed E-state index contributed by atoms with van der Waals surface area (Å²) in [4.78, 5) is 11.9. The van der Waals surface area contributed by atoms with Crippen molar-refractivity contribution in [3.63, 3.8) is 0 Å². The average Bonchev–Trinajstić information content (AvgIpc) is 2.34. The van der Waals surface area contributed by atoms with Crippen LogP contribution in [-0.2, 0) is 4.74 Å². The largest absolute Gasteiger partial charge is 0.462 e. The number of aliphatic hydroxyl groups is 1. The number of aliphatic hydroxyl groups excluding tert-OH is 1. The van der Waals surface area contributed by atoms with E-state index in [2.05, 4.69) is 15.9 Å². The molecule has 0 saturated carbocycles. The van der Waals surface area contributed by atoms with Crippen molar-refractivity contribution < 1.29 is 14.6 Å². The number of hydrogen-bond donors (Lipinski definition) is 1. The Morgan fingerprint density at radius 1 is 1.35 bits per heavy atom. The second kappa shape index (κ2) is 7.45. The first kappa shape index (κ1) is 14.2. The number of rotatable bonds is 6. The van der Waals surface area contributed by atoms with Gasteiger partial charge in [-0.15, -0.1) is 0 Å². The maximum atomic E-state index is 11.6. The zero-order valence-corrected chi connectivity index (χ0v) is 11.4. The summed E-state index contributed by atoms with van der Waals surface area (Å²) in [6.45, 7) is 2.52. The lowest BCUT2D eigenvalue weighted by Gasteiger charge is -2.06. The van der Waals surface area contributed by atoms with E-state index in [9.17, 15) is 4.79 Å². The fraction of sp³-hybridized carbons (Fsp3) is 0.462. The van der Waals surface area contributed by atoms with Gasteiger partial charge >= 0.3 is 5.97 Å². The molecule has 0 heterocycles. The zero-order chi connectivity index (χ0) is 12.7. The van der Waals surface area contributed by atoms with E-state index in [4.69, 9.17) is 9.84 Å². The molecule has 1 aromatic carbocycles.